The fourth-order valence-electron chi connectivity index (χ4n) is 9.51. The molecule has 0 saturated carbocycles. The van der Waals surface area contributed by atoms with Gasteiger partial charge in [0.2, 0.25) is 47.3 Å². The maximum atomic E-state index is 14.0. The first kappa shape index (κ1) is 73.1. The second-order valence-electron chi connectivity index (χ2n) is 23.5. The van der Waals surface area contributed by atoms with Crippen LogP contribution in [0.3, 0.4) is 0 Å². The molecule has 26 heteroatoms. The van der Waals surface area contributed by atoms with Crippen LogP contribution < -0.4 is 37.2 Å². The van der Waals surface area contributed by atoms with Crippen molar-refractivity contribution in [1.82, 2.24) is 47.1 Å². The Morgan fingerprint density at radius 3 is 1.89 bits per heavy atom. The Kier molecular flexibility index (Phi) is 32.0. The van der Waals surface area contributed by atoms with Crippen LogP contribution in [0.2, 0.25) is 0 Å². The van der Waals surface area contributed by atoms with Gasteiger partial charge in [0.1, 0.15) is 30.2 Å². The van der Waals surface area contributed by atoms with Crippen LogP contribution >= 0.6 is 11.3 Å². The summed E-state index contributed by atoms with van der Waals surface area (Å²) in [6, 6.07) is 2.19. The normalized spacial score (nSPS) is 17.7. The van der Waals surface area contributed by atoms with Gasteiger partial charge in [-0.15, -0.1) is 11.3 Å². The third kappa shape index (κ3) is 26.4. The van der Waals surface area contributed by atoms with Gasteiger partial charge >= 0.3 is 5.97 Å². The van der Waals surface area contributed by atoms with Crippen molar-refractivity contribution in [3.05, 3.63) is 53.2 Å². The highest BCUT2D eigenvalue weighted by Gasteiger charge is 2.44. The van der Waals surface area contributed by atoms with Crippen molar-refractivity contribution in [1.29, 1.82) is 0 Å². The Bertz CT molecular complexity index is 2560. The Morgan fingerprint density at radius 1 is 0.782 bits per heavy atom. The van der Waals surface area contributed by atoms with Crippen LogP contribution in [0.4, 0.5) is 0 Å². The molecule has 0 unspecified atom stereocenters. The summed E-state index contributed by atoms with van der Waals surface area (Å²) in [4.78, 5) is 125. The molecule has 8 N–H and O–H groups in total. The minimum absolute atomic E-state index is 0.0108. The number of aliphatic hydroxyl groups is 1. The number of β-amino-alcohol motifs (C(OH)–C–C–N with tert-alkyl or cyclic N) is 1. The molecule has 0 bridgehead atoms. The van der Waals surface area contributed by atoms with Gasteiger partial charge in [-0.1, -0.05) is 78.8 Å². The van der Waals surface area contributed by atoms with Crippen molar-refractivity contribution in [3.8, 4) is 10.4 Å². The Balaban J connectivity index is 1.03. The van der Waals surface area contributed by atoms with Crippen LogP contribution in [-0.4, -0.2) is 196 Å². The number of nitrogens with one attached hydrogen (secondary N) is 7. The number of benzene rings is 1. The van der Waals surface area contributed by atoms with Crippen molar-refractivity contribution in [2.45, 2.75) is 157 Å². The molecule has 87 heavy (non-hydrogen) atoms. The van der Waals surface area contributed by atoms with Crippen molar-refractivity contribution in [2.24, 2.45) is 23.2 Å². The molecule has 3 heterocycles. The summed E-state index contributed by atoms with van der Waals surface area (Å²) in [6.45, 7) is 21.0. The fraction of sp³-hybridized carbons (Fsp3) is 0.672. The third-order valence-corrected chi connectivity index (χ3v) is 15.3. The molecule has 0 spiro atoms. The number of aryl methyl sites for hydroxylation is 1. The van der Waals surface area contributed by atoms with Crippen LogP contribution in [0, 0.1) is 30.1 Å². The van der Waals surface area contributed by atoms with Gasteiger partial charge in [-0.05, 0) is 68.4 Å². The zero-order valence-electron chi connectivity index (χ0n) is 52.3. The molecular formula is C61H95N9O16S. The topological polar surface area (TPSA) is 330 Å². The molecule has 0 radical (unpaired) electrons. The second kappa shape index (κ2) is 38.1. The lowest BCUT2D eigenvalue weighted by molar-refractivity contribution is -0.144. The first-order valence-electron chi connectivity index (χ1n) is 30.1. The molecule has 2 saturated heterocycles. The number of nitrogens with zero attached hydrogens (tertiary/aromatic N) is 2. The Hall–Kier alpha value is -6.42. The van der Waals surface area contributed by atoms with Gasteiger partial charge in [-0.25, -0.2) is 9.78 Å². The van der Waals surface area contributed by atoms with E-state index in [0.717, 1.165) is 21.7 Å². The summed E-state index contributed by atoms with van der Waals surface area (Å²) in [7, 11) is 0. The number of thiazole rings is 1. The van der Waals surface area contributed by atoms with Gasteiger partial charge in [-0.2, -0.15) is 0 Å². The SMILES string of the molecule is CCOC(=O)/C=C/[C@H](C[C@@H]1CCNC1=O)NC(=O)[C@H](CC(C)C)NC(=O)[C@@H](NC(=O)[C@H](C)NC(=O)CCOCCOCCOCCOCCOCCC(=O)N[C@H](C(=O)N1C[C@H](O)C[C@H]1C(=O)NCc1ccc(-c2scnc2C)cc1)C(C)(C)C)C(C)C. The minimum atomic E-state index is -1.05. The fourth-order valence-corrected chi connectivity index (χ4v) is 10.3. The molecule has 2 aromatic rings. The molecule has 1 aromatic heterocycles. The van der Waals surface area contributed by atoms with Crippen molar-refractivity contribution >= 4 is 64.6 Å². The zero-order chi connectivity index (χ0) is 64.1. The van der Waals surface area contributed by atoms with E-state index in [2.05, 4.69) is 42.2 Å². The molecule has 2 aliphatic heterocycles. The van der Waals surface area contributed by atoms with Gasteiger partial charge in [0.15, 0.2) is 0 Å². The molecule has 8 amide bonds. The summed E-state index contributed by atoms with van der Waals surface area (Å²) in [5.41, 5.74) is 3.96. The summed E-state index contributed by atoms with van der Waals surface area (Å²) in [5, 5.41) is 30.1. The van der Waals surface area contributed by atoms with Crippen LogP contribution in [0.1, 0.15) is 112 Å². The number of likely N-dealkylation sites (tertiary alicyclic amines) is 1. The first-order valence-corrected chi connectivity index (χ1v) is 31.0. The predicted molar refractivity (Wildman–Crippen MR) is 324 cm³/mol. The first-order chi connectivity index (χ1) is 41.4. The van der Waals surface area contributed by atoms with Crippen molar-refractivity contribution < 1.29 is 76.7 Å². The molecule has 486 valence electrons. The number of hydrogen-bond acceptors (Lipinski definition) is 18. The summed E-state index contributed by atoms with van der Waals surface area (Å²) >= 11 is 1.56. The lowest BCUT2D eigenvalue weighted by Gasteiger charge is -2.35. The third-order valence-electron chi connectivity index (χ3n) is 14.3. The average molecular weight is 1240 g/mol. The standard InChI is InChI=1S/C61H95N9O16S/c1-11-86-51(74)17-16-45(33-44-18-21-62-56(44)76)66-57(77)47(32-38(2)3)67-59(79)52(39(4)5)69-55(75)41(7)65-49(72)19-22-81-24-26-83-28-30-85-31-29-84-27-25-82-23-20-50(73)68-54(61(8,9)10)60(80)70-36-46(71)34-48(70)58(78)63-35-42-12-14-43(15-13-42)53-40(6)64-37-87-53/h12-17,37-39,41,44-48,52,54,71H,11,18-36H2,1-10H3,(H,62,76)(H,63,78)(H,65,72)(H,66,77)(H,67,79)(H,68,73)(H,69,75)/b17-16+/t41-,44-,45+,46+,47-,48-,52-,54+/m0/s1. The van der Waals surface area contributed by atoms with E-state index in [4.69, 9.17) is 28.4 Å². The number of ether oxygens (including phenoxy) is 6. The lowest BCUT2D eigenvalue weighted by atomic mass is 9.85. The van der Waals surface area contributed by atoms with Gasteiger partial charge in [0, 0.05) is 56.9 Å². The molecule has 4 rings (SSSR count). The van der Waals surface area contributed by atoms with Crippen molar-refractivity contribution in [3.63, 3.8) is 0 Å². The number of carbonyl (C=O) groups excluding carboxylic acids is 9. The highest BCUT2D eigenvalue weighted by molar-refractivity contribution is 7.13. The molecule has 1 aromatic carbocycles. The number of amides is 8. The molecule has 8 atom stereocenters. The van der Waals surface area contributed by atoms with Crippen LogP contribution in [0.15, 0.2) is 41.9 Å². The van der Waals surface area contributed by atoms with Crippen LogP contribution in [0.5, 0.6) is 0 Å². The summed E-state index contributed by atoms with van der Waals surface area (Å²) in [5.74, 6) is -4.92. The van der Waals surface area contributed by atoms with Gasteiger partial charge in [0.05, 0.1) is 94.9 Å². The van der Waals surface area contributed by atoms with E-state index in [1.807, 2.05) is 65.8 Å². The number of hydrogen-bond donors (Lipinski definition) is 8. The average Bonchev–Trinajstić information content (AvgIpc) is 2.86. The molecular weight excluding hydrogens is 1150 g/mol. The highest BCUT2D eigenvalue weighted by Crippen LogP contribution is 2.29. The number of aliphatic hydroxyl groups excluding tert-OH is 1. The van der Waals surface area contributed by atoms with E-state index in [9.17, 15) is 48.3 Å². The highest BCUT2D eigenvalue weighted by atomic mass is 32.1. The molecule has 0 aliphatic carbocycles. The van der Waals surface area contributed by atoms with Crippen LogP contribution in [0.25, 0.3) is 10.4 Å². The van der Waals surface area contributed by atoms with Crippen LogP contribution in [-0.2, 0) is 78.1 Å². The smallest absolute Gasteiger partial charge is 0.330 e. The quantitative estimate of drug-likeness (QED) is 0.0271. The summed E-state index contributed by atoms with van der Waals surface area (Å²) < 4.78 is 32.7. The predicted octanol–water partition coefficient (Wildman–Crippen LogP) is 2.40. The second-order valence-corrected chi connectivity index (χ2v) is 24.3. The van der Waals surface area contributed by atoms with E-state index in [1.165, 1.54) is 24.0 Å². The number of aromatic nitrogens is 1. The maximum absolute atomic E-state index is 14.0. The molecule has 2 fully saturated rings. The van der Waals surface area contributed by atoms with E-state index < -0.39 is 95.1 Å². The maximum Gasteiger partial charge on any atom is 0.330 e. The zero-order valence-corrected chi connectivity index (χ0v) is 53.1. The van der Waals surface area contributed by atoms with E-state index in [-0.39, 0.29) is 115 Å². The van der Waals surface area contributed by atoms with Crippen molar-refractivity contribution in [2.75, 3.05) is 85.8 Å². The Labute approximate surface area is 515 Å². The van der Waals surface area contributed by atoms with Gasteiger partial charge < -0.3 is 75.6 Å². The largest absolute Gasteiger partial charge is 0.463 e. The number of rotatable bonds is 39. The molecule has 2 aliphatic rings. The van der Waals surface area contributed by atoms with Gasteiger partial charge in [-0.3, -0.25) is 38.4 Å². The van der Waals surface area contributed by atoms with E-state index in [0.29, 0.717) is 39.4 Å². The molecule has 25 nitrogen and oxygen atoms in total. The summed E-state index contributed by atoms with van der Waals surface area (Å²) in [6.07, 6.45) is 2.90. The monoisotopic (exact) mass is 1240 g/mol. The lowest BCUT2D eigenvalue weighted by Crippen LogP contribution is -2.58. The van der Waals surface area contributed by atoms with Gasteiger partial charge in [0.25, 0.3) is 0 Å². The number of carbonyl (C=O) groups is 9. The van der Waals surface area contributed by atoms with E-state index >= 15 is 0 Å². The Morgan fingerprint density at radius 2 is 1.37 bits per heavy atom. The minimum Gasteiger partial charge on any atom is -0.463 e. The number of esters is 1. The van der Waals surface area contributed by atoms with E-state index in [1.54, 1.807) is 37.6 Å².